The van der Waals surface area contributed by atoms with Gasteiger partial charge < -0.3 is 10.2 Å². The first kappa shape index (κ1) is 22.8. The lowest BCUT2D eigenvalue weighted by Crippen LogP contribution is -2.27. The van der Waals surface area contributed by atoms with Crippen LogP contribution in [-0.2, 0) is 18.5 Å². The first-order valence-electron chi connectivity index (χ1n) is 12.4. The van der Waals surface area contributed by atoms with E-state index in [-0.39, 0.29) is 11.6 Å². The minimum absolute atomic E-state index is 0.0771. The number of fused-ring (bicyclic) bond motifs is 2. The summed E-state index contributed by atoms with van der Waals surface area (Å²) in [5, 5.41) is 3.74. The third-order valence-electron chi connectivity index (χ3n) is 7.18. The van der Waals surface area contributed by atoms with Gasteiger partial charge in [-0.25, -0.2) is 23.7 Å². The normalized spacial score (nSPS) is 17.7. The van der Waals surface area contributed by atoms with Gasteiger partial charge in [-0.1, -0.05) is 12.1 Å². The Labute approximate surface area is 208 Å². The number of likely N-dealkylation sites (N-methyl/N-ethyl adjacent to an activating group) is 1. The zero-order chi connectivity index (χ0) is 25.2. The van der Waals surface area contributed by atoms with Crippen LogP contribution in [0.2, 0.25) is 0 Å². The molecule has 1 unspecified atom stereocenters. The number of rotatable bonds is 6. The molecule has 186 valence electrons. The molecule has 3 heterocycles. The van der Waals surface area contributed by atoms with Gasteiger partial charge in [0.05, 0.1) is 11.7 Å². The van der Waals surface area contributed by atoms with Crippen LogP contribution >= 0.6 is 0 Å². The van der Waals surface area contributed by atoms with E-state index in [0.29, 0.717) is 34.5 Å². The third-order valence-corrected chi connectivity index (χ3v) is 7.18. The summed E-state index contributed by atoms with van der Waals surface area (Å²) in [7, 11) is 4.23. The van der Waals surface area contributed by atoms with Crippen LogP contribution in [0.15, 0.2) is 47.4 Å². The Kier molecular flexibility index (Phi) is 5.22. The van der Waals surface area contributed by atoms with E-state index in [1.165, 1.54) is 25.0 Å². The number of pyridine rings is 1. The first-order valence-corrected chi connectivity index (χ1v) is 12.4. The maximum Gasteiger partial charge on any atom is 0.278 e. The average Bonchev–Trinajstić information content (AvgIpc) is 3.51. The molecular formula is C27H30FN7O. The molecule has 1 N–H and O–H groups in total. The molecule has 1 fully saturated rings. The van der Waals surface area contributed by atoms with Gasteiger partial charge in [0.2, 0.25) is 5.95 Å². The zero-order valence-corrected chi connectivity index (χ0v) is 21.0. The highest BCUT2D eigenvalue weighted by Gasteiger charge is 2.32. The summed E-state index contributed by atoms with van der Waals surface area (Å²) in [6.07, 6.45) is 5.45. The van der Waals surface area contributed by atoms with Gasteiger partial charge in [-0.05, 0) is 89.0 Å². The number of hydrogen-bond donors (Lipinski definition) is 1. The van der Waals surface area contributed by atoms with Crippen LogP contribution in [0.5, 0.6) is 0 Å². The van der Waals surface area contributed by atoms with Crippen LogP contribution in [0.25, 0.3) is 16.9 Å². The molecule has 0 bridgehead atoms. The standard InChI is InChI=1S/C27H30FN7O/c1-27(2,28)22-6-5-7-23(31-22)35-24-21(25(36)34(35)19-10-11-19)15-29-26(32-24)30-18-9-8-16-13-20(33(3)4)14-17(16)12-18/h5-9,12,15,19-20H,10-11,13-14H2,1-4H3,(H,29,30,32). The molecule has 2 aliphatic carbocycles. The number of nitrogens with one attached hydrogen (secondary N) is 1. The molecular weight excluding hydrogens is 457 g/mol. The second kappa shape index (κ2) is 8.23. The summed E-state index contributed by atoms with van der Waals surface area (Å²) < 4.78 is 18.1. The zero-order valence-electron chi connectivity index (χ0n) is 21.0. The van der Waals surface area contributed by atoms with Gasteiger partial charge in [0.15, 0.2) is 11.5 Å². The Bertz CT molecular complexity index is 1530. The quantitative estimate of drug-likeness (QED) is 0.437. The molecule has 1 saturated carbocycles. The second-order valence-corrected chi connectivity index (χ2v) is 10.6. The van der Waals surface area contributed by atoms with Gasteiger partial charge in [-0.3, -0.25) is 4.79 Å². The van der Waals surface area contributed by atoms with Crippen molar-refractivity contribution in [3.8, 4) is 5.82 Å². The van der Waals surface area contributed by atoms with Gasteiger partial charge in [-0.2, -0.15) is 4.98 Å². The molecule has 3 aromatic heterocycles. The van der Waals surface area contributed by atoms with Gasteiger partial charge in [0, 0.05) is 17.9 Å². The largest absolute Gasteiger partial charge is 0.324 e. The van der Waals surface area contributed by atoms with Crippen molar-refractivity contribution in [2.45, 2.75) is 57.3 Å². The molecule has 0 radical (unpaired) electrons. The summed E-state index contributed by atoms with van der Waals surface area (Å²) in [5.74, 6) is 0.863. The molecule has 0 spiro atoms. The van der Waals surface area contributed by atoms with Crippen molar-refractivity contribution in [1.82, 2.24) is 29.2 Å². The predicted octanol–water partition coefficient (Wildman–Crippen LogP) is 4.29. The number of nitrogens with zero attached hydrogens (tertiary/aromatic N) is 6. The van der Waals surface area contributed by atoms with Gasteiger partial charge in [-0.15, -0.1) is 0 Å². The average molecular weight is 488 g/mol. The van der Waals surface area contributed by atoms with Crippen molar-refractivity contribution in [2.75, 3.05) is 19.4 Å². The van der Waals surface area contributed by atoms with Crippen LogP contribution in [0, 0.1) is 0 Å². The Morgan fingerprint density at radius 2 is 1.86 bits per heavy atom. The van der Waals surface area contributed by atoms with Gasteiger partial charge >= 0.3 is 0 Å². The van der Waals surface area contributed by atoms with Crippen LogP contribution in [0.1, 0.15) is 49.6 Å². The van der Waals surface area contributed by atoms with Gasteiger partial charge in [0.25, 0.3) is 5.56 Å². The second-order valence-electron chi connectivity index (χ2n) is 10.6. The highest BCUT2D eigenvalue weighted by molar-refractivity contribution is 5.77. The number of halogens is 1. The highest BCUT2D eigenvalue weighted by atomic mass is 19.1. The summed E-state index contributed by atoms with van der Waals surface area (Å²) in [5.41, 5.74) is 2.60. The molecule has 1 atom stereocenters. The fourth-order valence-corrected chi connectivity index (χ4v) is 4.97. The van der Waals surface area contributed by atoms with Gasteiger partial charge in [0.1, 0.15) is 11.1 Å². The fraction of sp³-hybridized carbons (Fsp3) is 0.407. The molecule has 4 aromatic rings. The van der Waals surface area contributed by atoms with Crippen LogP contribution in [0.3, 0.4) is 0 Å². The van der Waals surface area contributed by atoms with Crippen LogP contribution in [0.4, 0.5) is 16.0 Å². The number of anilines is 2. The Morgan fingerprint density at radius 3 is 2.58 bits per heavy atom. The van der Waals surface area contributed by atoms with Crippen LogP contribution in [-0.4, -0.2) is 49.4 Å². The van der Waals surface area contributed by atoms with Crippen molar-refractivity contribution in [3.05, 3.63) is 69.8 Å². The summed E-state index contributed by atoms with van der Waals surface area (Å²) >= 11 is 0. The van der Waals surface area contributed by atoms with E-state index < -0.39 is 5.67 Å². The van der Waals surface area contributed by atoms with E-state index in [2.05, 4.69) is 46.4 Å². The van der Waals surface area contributed by atoms with Crippen LogP contribution < -0.4 is 10.9 Å². The number of hydrogen-bond acceptors (Lipinski definition) is 6. The minimum Gasteiger partial charge on any atom is -0.324 e. The first-order chi connectivity index (χ1) is 17.2. The smallest absolute Gasteiger partial charge is 0.278 e. The van der Waals surface area contributed by atoms with Crippen molar-refractivity contribution >= 4 is 22.7 Å². The number of alkyl halides is 1. The van der Waals surface area contributed by atoms with E-state index in [0.717, 1.165) is 31.4 Å². The molecule has 36 heavy (non-hydrogen) atoms. The van der Waals surface area contributed by atoms with Crippen molar-refractivity contribution in [3.63, 3.8) is 0 Å². The highest BCUT2D eigenvalue weighted by Crippen LogP contribution is 2.36. The Morgan fingerprint density at radius 1 is 1.08 bits per heavy atom. The molecule has 2 aliphatic rings. The lowest BCUT2D eigenvalue weighted by molar-refractivity contribution is 0.214. The molecule has 0 aliphatic heterocycles. The predicted molar refractivity (Wildman–Crippen MR) is 138 cm³/mol. The maximum absolute atomic E-state index is 14.7. The van der Waals surface area contributed by atoms with E-state index in [4.69, 9.17) is 4.98 Å². The maximum atomic E-state index is 14.7. The molecule has 1 aromatic carbocycles. The molecule has 8 nitrogen and oxygen atoms in total. The van der Waals surface area contributed by atoms with E-state index in [1.807, 2.05) is 6.07 Å². The minimum atomic E-state index is -1.61. The molecule has 9 heteroatoms. The van der Waals surface area contributed by atoms with E-state index >= 15 is 0 Å². The fourth-order valence-electron chi connectivity index (χ4n) is 4.97. The summed E-state index contributed by atoms with van der Waals surface area (Å²) in [6.45, 7) is 2.95. The van der Waals surface area contributed by atoms with E-state index in [9.17, 15) is 9.18 Å². The monoisotopic (exact) mass is 487 g/mol. The lowest BCUT2D eigenvalue weighted by atomic mass is 10.1. The van der Waals surface area contributed by atoms with E-state index in [1.54, 1.807) is 33.8 Å². The lowest BCUT2D eigenvalue weighted by Gasteiger charge is -2.17. The SMILES string of the molecule is CN(C)C1Cc2ccc(Nc3ncc4c(=O)n(C5CC5)n(-c5cccc(C(C)(C)F)n5)c4n3)cc2C1. The Balaban J connectivity index is 1.41. The molecule has 0 saturated heterocycles. The summed E-state index contributed by atoms with van der Waals surface area (Å²) in [4.78, 5) is 29.3. The molecule has 0 amide bonds. The van der Waals surface area contributed by atoms with Crippen molar-refractivity contribution in [2.24, 2.45) is 0 Å². The van der Waals surface area contributed by atoms with Crippen molar-refractivity contribution in [1.29, 1.82) is 0 Å². The summed E-state index contributed by atoms with van der Waals surface area (Å²) in [6, 6.07) is 12.1. The Hall–Kier alpha value is -3.59. The number of aromatic nitrogens is 5. The third kappa shape index (κ3) is 3.97. The molecule has 6 rings (SSSR count). The van der Waals surface area contributed by atoms with Crippen molar-refractivity contribution < 1.29 is 4.39 Å². The number of benzene rings is 1. The topological polar surface area (TPSA) is 80.9 Å².